The van der Waals surface area contributed by atoms with Crippen LogP contribution in [0.3, 0.4) is 0 Å². The van der Waals surface area contributed by atoms with E-state index in [4.69, 9.17) is 5.73 Å². The van der Waals surface area contributed by atoms with Crippen molar-refractivity contribution in [3.05, 3.63) is 52.3 Å². The third-order valence-corrected chi connectivity index (χ3v) is 4.23. The molecule has 1 atom stereocenters. The molecule has 0 aliphatic carbocycles. The van der Waals surface area contributed by atoms with Crippen molar-refractivity contribution in [3.63, 3.8) is 0 Å². The lowest BCUT2D eigenvalue weighted by Gasteiger charge is -2.08. The maximum Gasteiger partial charge on any atom is 0.0718 e. The highest BCUT2D eigenvalue weighted by Crippen LogP contribution is 2.19. The van der Waals surface area contributed by atoms with Crippen LogP contribution >= 0.6 is 11.3 Å². The van der Waals surface area contributed by atoms with E-state index in [0.29, 0.717) is 0 Å². The zero-order chi connectivity index (χ0) is 13.2. The molecule has 3 nitrogen and oxygen atoms in total. The van der Waals surface area contributed by atoms with Crippen molar-refractivity contribution in [2.75, 3.05) is 0 Å². The second-order valence-corrected chi connectivity index (χ2v) is 5.87. The fraction of sp³-hybridized carbons (Fsp3) is 0.267. The molecule has 0 bridgehead atoms. The summed E-state index contributed by atoms with van der Waals surface area (Å²) in [6.45, 7) is 0. The first kappa shape index (κ1) is 12.4. The molecule has 0 saturated carbocycles. The first-order valence-electron chi connectivity index (χ1n) is 6.42. The largest absolute Gasteiger partial charge is 0.327 e. The quantitative estimate of drug-likeness (QED) is 0.793. The van der Waals surface area contributed by atoms with Crippen molar-refractivity contribution in [3.8, 4) is 0 Å². The van der Waals surface area contributed by atoms with Gasteiger partial charge in [0.25, 0.3) is 0 Å². The van der Waals surface area contributed by atoms with Gasteiger partial charge < -0.3 is 5.73 Å². The minimum absolute atomic E-state index is 0.122. The molecular weight excluding hydrogens is 254 g/mol. The van der Waals surface area contributed by atoms with Crippen LogP contribution in [0.2, 0.25) is 0 Å². The Labute approximate surface area is 116 Å². The topological polar surface area (TPSA) is 43.8 Å². The van der Waals surface area contributed by atoms with E-state index in [-0.39, 0.29) is 6.04 Å². The average Bonchev–Trinajstić information content (AvgIpc) is 3.00. The number of hydrogen-bond donors (Lipinski definition) is 1. The van der Waals surface area contributed by atoms with E-state index in [1.807, 2.05) is 17.8 Å². The van der Waals surface area contributed by atoms with Gasteiger partial charge in [0.05, 0.1) is 11.2 Å². The smallest absolute Gasteiger partial charge is 0.0718 e. The highest BCUT2D eigenvalue weighted by atomic mass is 32.1. The number of nitrogens with two attached hydrogens (primary N) is 1. The summed E-state index contributed by atoms with van der Waals surface area (Å²) in [5.74, 6) is 0. The lowest BCUT2D eigenvalue weighted by atomic mass is 10.1. The normalized spacial score (nSPS) is 12.9. The van der Waals surface area contributed by atoms with Crippen LogP contribution in [0.15, 0.2) is 41.8 Å². The standard InChI is InChI=1S/C15H17N3S/c1-18-15-7-3-2-6-13(15)14(17-18)10-11(16)9-12-5-4-8-19-12/h2-8,11H,9-10,16H2,1H3. The summed E-state index contributed by atoms with van der Waals surface area (Å²) >= 11 is 1.77. The van der Waals surface area contributed by atoms with E-state index in [1.54, 1.807) is 11.3 Å². The van der Waals surface area contributed by atoms with Crippen LogP contribution in [0, 0.1) is 0 Å². The van der Waals surface area contributed by atoms with Crippen molar-refractivity contribution in [1.29, 1.82) is 0 Å². The lowest BCUT2D eigenvalue weighted by molar-refractivity contribution is 0.647. The highest BCUT2D eigenvalue weighted by Gasteiger charge is 2.12. The van der Waals surface area contributed by atoms with Gasteiger partial charge >= 0.3 is 0 Å². The van der Waals surface area contributed by atoms with E-state index in [0.717, 1.165) is 18.5 Å². The first-order valence-corrected chi connectivity index (χ1v) is 7.30. The van der Waals surface area contributed by atoms with Crippen molar-refractivity contribution >= 4 is 22.2 Å². The molecule has 98 valence electrons. The fourth-order valence-corrected chi connectivity index (χ4v) is 3.25. The summed E-state index contributed by atoms with van der Waals surface area (Å²) < 4.78 is 1.93. The minimum atomic E-state index is 0.122. The molecule has 0 saturated heterocycles. The lowest BCUT2D eigenvalue weighted by Crippen LogP contribution is -2.25. The van der Waals surface area contributed by atoms with E-state index < -0.39 is 0 Å². The Bertz CT molecular complexity index is 670. The second kappa shape index (κ2) is 5.15. The maximum absolute atomic E-state index is 6.25. The summed E-state index contributed by atoms with van der Waals surface area (Å²) in [7, 11) is 1.98. The van der Waals surface area contributed by atoms with Crippen LogP contribution in [0.4, 0.5) is 0 Å². The van der Waals surface area contributed by atoms with Crippen LogP contribution in [-0.2, 0) is 19.9 Å². The first-order chi connectivity index (χ1) is 9.24. The summed E-state index contributed by atoms with van der Waals surface area (Å²) in [6, 6.07) is 12.6. The average molecular weight is 271 g/mol. The Kier molecular flexibility index (Phi) is 3.36. The summed E-state index contributed by atoms with van der Waals surface area (Å²) in [5.41, 5.74) is 8.52. The van der Waals surface area contributed by atoms with Gasteiger partial charge in [-0.25, -0.2) is 0 Å². The van der Waals surface area contributed by atoms with E-state index in [9.17, 15) is 0 Å². The van der Waals surface area contributed by atoms with E-state index >= 15 is 0 Å². The van der Waals surface area contributed by atoms with Crippen LogP contribution < -0.4 is 5.73 Å². The highest BCUT2D eigenvalue weighted by molar-refractivity contribution is 7.09. The van der Waals surface area contributed by atoms with Crippen LogP contribution in [0.25, 0.3) is 10.9 Å². The Morgan fingerprint density at radius 3 is 2.84 bits per heavy atom. The number of benzene rings is 1. The Balaban J connectivity index is 1.81. The molecule has 0 spiro atoms. The molecule has 0 amide bonds. The second-order valence-electron chi connectivity index (χ2n) is 4.84. The molecule has 1 aromatic carbocycles. The molecule has 0 aliphatic heterocycles. The van der Waals surface area contributed by atoms with Crippen LogP contribution in [0.1, 0.15) is 10.6 Å². The van der Waals surface area contributed by atoms with Gasteiger partial charge in [0, 0.05) is 29.8 Å². The van der Waals surface area contributed by atoms with Gasteiger partial charge in [-0.2, -0.15) is 5.10 Å². The van der Waals surface area contributed by atoms with Crippen molar-refractivity contribution in [2.24, 2.45) is 12.8 Å². The summed E-state index contributed by atoms with van der Waals surface area (Å²) in [4.78, 5) is 1.34. The maximum atomic E-state index is 6.25. The molecule has 0 aliphatic rings. The third-order valence-electron chi connectivity index (χ3n) is 3.33. The predicted octanol–water partition coefficient (Wildman–Crippen LogP) is 2.75. The van der Waals surface area contributed by atoms with Crippen molar-refractivity contribution in [2.45, 2.75) is 18.9 Å². The Morgan fingerprint density at radius 1 is 1.21 bits per heavy atom. The Hall–Kier alpha value is -1.65. The molecule has 2 aromatic heterocycles. The monoisotopic (exact) mass is 271 g/mol. The number of aromatic nitrogens is 2. The Morgan fingerprint density at radius 2 is 2.05 bits per heavy atom. The van der Waals surface area contributed by atoms with Crippen molar-refractivity contribution < 1.29 is 0 Å². The zero-order valence-electron chi connectivity index (χ0n) is 10.9. The van der Waals surface area contributed by atoms with Crippen LogP contribution in [0.5, 0.6) is 0 Å². The molecule has 2 heterocycles. The molecule has 3 rings (SSSR count). The minimum Gasteiger partial charge on any atom is -0.327 e. The molecule has 4 heteroatoms. The molecule has 0 radical (unpaired) electrons. The summed E-state index contributed by atoms with van der Waals surface area (Å²) in [5, 5.41) is 7.91. The number of fused-ring (bicyclic) bond motifs is 1. The van der Waals surface area contributed by atoms with Gasteiger partial charge in [0.15, 0.2) is 0 Å². The SMILES string of the molecule is Cn1nc(CC(N)Cc2cccs2)c2ccccc21. The van der Waals surface area contributed by atoms with Gasteiger partial charge in [-0.1, -0.05) is 24.3 Å². The zero-order valence-corrected chi connectivity index (χ0v) is 11.7. The van der Waals surface area contributed by atoms with Crippen molar-refractivity contribution in [1.82, 2.24) is 9.78 Å². The molecule has 19 heavy (non-hydrogen) atoms. The third kappa shape index (κ3) is 2.55. The van der Waals surface area contributed by atoms with E-state index in [1.165, 1.54) is 15.8 Å². The van der Waals surface area contributed by atoms with Gasteiger partial charge in [-0.05, 0) is 23.9 Å². The fourth-order valence-electron chi connectivity index (χ4n) is 2.45. The molecule has 0 fully saturated rings. The van der Waals surface area contributed by atoms with Crippen LogP contribution in [-0.4, -0.2) is 15.8 Å². The molecule has 1 unspecified atom stereocenters. The van der Waals surface area contributed by atoms with E-state index in [2.05, 4.69) is 40.8 Å². The molecule has 3 aromatic rings. The summed E-state index contributed by atoms with van der Waals surface area (Å²) in [6.07, 6.45) is 1.74. The van der Waals surface area contributed by atoms with Gasteiger partial charge in [-0.3, -0.25) is 4.68 Å². The molecule has 2 N–H and O–H groups in total. The number of aryl methyl sites for hydroxylation is 1. The number of para-hydroxylation sites is 1. The van der Waals surface area contributed by atoms with Gasteiger partial charge in [-0.15, -0.1) is 11.3 Å². The number of hydrogen-bond acceptors (Lipinski definition) is 3. The number of nitrogens with zero attached hydrogens (tertiary/aromatic N) is 2. The van der Waals surface area contributed by atoms with Gasteiger partial charge in [0.1, 0.15) is 0 Å². The van der Waals surface area contributed by atoms with Gasteiger partial charge in [0.2, 0.25) is 0 Å². The predicted molar refractivity (Wildman–Crippen MR) is 80.4 cm³/mol. The molecular formula is C15H17N3S. The number of thiophene rings is 1. The number of rotatable bonds is 4.